The Morgan fingerprint density at radius 2 is 1.58 bits per heavy atom. The Labute approximate surface area is 192 Å². The van der Waals surface area contributed by atoms with E-state index in [1.54, 1.807) is 13.8 Å². The van der Waals surface area contributed by atoms with Crippen LogP contribution in [0.4, 0.5) is 0 Å². The number of amides is 2. The minimum absolute atomic E-state index is 0. The fourth-order valence-corrected chi connectivity index (χ4v) is 4.14. The van der Waals surface area contributed by atoms with Crippen molar-refractivity contribution in [2.45, 2.75) is 117 Å². The van der Waals surface area contributed by atoms with E-state index in [2.05, 4.69) is 12.2 Å². The fraction of sp³-hybridized carbons (Fsp3) is 0.880. The van der Waals surface area contributed by atoms with Crippen LogP contribution in [0.15, 0.2) is 0 Å². The van der Waals surface area contributed by atoms with Crippen LogP contribution < -0.4 is 11.1 Å². The van der Waals surface area contributed by atoms with Gasteiger partial charge in [-0.25, -0.2) is 0 Å². The number of carbonyl (C=O) groups excluding carboxylic acids is 3. The molecule has 0 heterocycles. The maximum Gasteiger partial charge on any atom is 0.220 e. The van der Waals surface area contributed by atoms with E-state index in [1.165, 1.54) is 32.1 Å². The van der Waals surface area contributed by atoms with Gasteiger partial charge in [0.15, 0.2) is 0 Å². The van der Waals surface area contributed by atoms with E-state index in [1.807, 2.05) is 6.92 Å². The number of hydrogen-bond donors (Lipinski definition) is 2. The number of rotatable bonds is 10. The molecule has 0 spiro atoms. The summed E-state index contributed by atoms with van der Waals surface area (Å²) in [6, 6.07) is 0.257. The molecule has 0 bridgehead atoms. The van der Waals surface area contributed by atoms with Gasteiger partial charge in [0.05, 0.1) is 6.10 Å². The standard InChI is InChI=1S/C21H37NO3.C4H9NO.2H2/c1-3-16(2)21(24)17-11-13-18(14-12-17)22-20(23)10-7-15-25-19-8-5-4-6-9-19;1-3(2)4(5)6;;/h16-19H,3-15H2,1-2H3,(H,22,23);3H,1-2H3,(H2,5,6);2*1H. The quantitative estimate of drug-likeness (QED) is 0.464. The van der Waals surface area contributed by atoms with Gasteiger partial charge in [-0.15, -0.1) is 0 Å². The van der Waals surface area contributed by atoms with Crippen molar-refractivity contribution in [3.8, 4) is 0 Å². The number of ketones is 1. The zero-order valence-corrected chi connectivity index (χ0v) is 20.3. The summed E-state index contributed by atoms with van der Waals surface area (Å²) < 4.78 is 5.88. The monoisotopic (exact) mass is 442 g/mol. The molecule has 184 valence electrons. The van der Waals surface area contributed by atoms with Gasteiger partial charge in [0.1, 0.15) is 5.78 Å². The van der Waals surface area contributed by atoms with E-state index in [4.69, 9.17) is 10.5 Å². The normalized spacial score (nSPS) is 22.9. The minimum atomic E-state index is -0.241. The third kappa shape index (κ3) is 11.7. The smallest absolute Gasteiger partial charge is 0.220 e. The lowest BCUT2D eigenvalue weighted by Crippen LogP contribution is -2.39. The molecule has 2 saturated carbocycles. The molecule has 6 heteroatoms. The third-order valence-electron chi connectivity index (χ3n) is 6.62. The lowest BCUT2D eigenvalue weighted by Gasteiger charge is -2.29. The lowest BCUT2D eigenvalue weighted by atomic mass is 9.79. The van der Waals surface area contributed by atoms with Gasteiger partial charge >= 0.3 is 0 Å². The summed E-state index contributed by atoms with van der Waals surface area (Å²) in [6.07, 6.45) is 12.7. The molecule has 0 aromatic rings. The summed E-state index contributed by atoms with van der Waals surface area (Å²) in [5.74, 6) is 0.711. The molecule has 0 aromatic heterocycles. The molecule has 0 radical (unpaired) electrons. The minimum Gasteiger partial charge on any atom is -0.378 e. The second kappa shape index (κ2) is 15.4. The van der Waals surface area contributed by atoms with Gasteiger partial charge in [0, 0.05) is 39.7 Å². The van der Waals surface area contributed by atoms with Gasteiger partial charge in [0.25, 0.3) is 0 Å². The van der Waals surface area contributed by atoms with E-state index in [0.29, 0.717) is 24.9 Å². The van der Waals surface area contributed by atoms with Crippen LogP contribution in [0.3, 0.4) is 0 Å². The van der Waals surface area contributed by atoms with E-state index in [-0.39, 0.29) is 38.5 Å². The first-order valence-electron chi connectivity index (χ1n) is 12.5. The topological polar surface area (TPSA) is 98.5 Å². The van der Waals surface area contributed by atoms with Crippen molar-refractivity contribution in [3.05, 3.63) is 0 Å². The Kier molecular flexibility index (Phi) is 13.7. The molecular formula is C25H50N2O4. The predicted octanol–water partition coefficient (Wildman–Crippen LogP) is 5.03. The fourth-order valence-electron chi connectivity index (χ4n) is 4.14. The Morgan fingerprint density at radius 3 is 2.10 bits per heavy atom. The summed E-state index contributed by atoms with van der Waals surface area (Å²) >= 11 is 0. The number of nitrogens with two attached hydrogens (primary N) is 1. The van der Waals surface area contributed by atoms with Gasteiger partial charge in [-0.3, -0.25) is 14.4 Å². The van der Waals surface area contributed by atoms with Crippen molar-refractivity contribution in [1.82, 2.24) is 5.32 Å². The van der Waals surface area contributed by atoms with Crippen molar-refractivity contribution < 1.29 is 22.0 Å². The molecule has 2 aliphatic rings. The van der Waals surface area contributed by atoms with Crippen LogP contribution in [0, 0.1) is 17.8 Å². The Hall–Kier alpha value is -1.43. The van der Waals surface area contributed by atoms with Gasteiger partial charge in [-0.2, -0.15) is 0 Å². The Morgan fingerprint density at radius 1 is 1.00 bits per heavy atom. The molecule has 1 unspecified atom stereocenters. The first kappa shape index (κ1) is 27.6. The molecule has 3 N–H and O–H groups in total. The van der Waals surface area contributed by atoms with E-state index >= 15 is 0 Å². The predicted molar refractivity (Wildman–Crippen MR) is 129 cm³/mol. The molecule has 1 atom stereocenters. The first-order chi connectivity index (χ1) is 14.7. The van der Waals surface area contributed by atoms with E-state index in [9.17, 15) is 14.4 Å². The van der Waals surface area contributed by atoms with Crippen LogP contribution >= 0.6 is 0 Å². The molecule has 0 aliphatic heterocycles. The molecule has 2 aliphatic carbocycles. The molecule has 6 nitrogen and oxygen atoms in total. The summed E-state index contributed by atoms with van der Waals surface area (Å²) in [5.41, 5.74) is 4.80. The third-order valence-corrected chi connectivity index (χ3v) is 6.62. The van der Waals surface area contributed by atoms with Gasteiger partial charge in [0.2, 0.25) is 11.8 Å². The molecule has 2 amide bonds. The van der Waals surface area contributed by atoms with Crippen LogP contribution in [0.5, 0.6) is 0 Å². The van der Waals surface area contributed by atoms with Crippen molar-refractivity contribution >= 4 is 17.6 Å². The molecule has 31 heavy (non-hydrogen) atoms. The Balaban J connectivity index is 0. The molecule has 2 fully saturated rings. The zero-order valence-electron chi connectivity index (χ0n) is 20.3. The van der Waals surface area contributed by atoms with Crippen LogP contribution in [0.2, 0.25) is 0 Å². The summed E-state index contributed by atoms with van der Waals surface area (Å²) in [4.78, 5) is 34.3. The highest BCUT2D eigenvalue weighted by molar-refractivity contribution is 5.83. The van der Waals surface area contributed by atoms with Gasteiger partial charge < -0.3 is 15.8 Å². The summed E-state index contributed by atoms with van der Waals surface area (Å²) in [6.45, 7) is 8.34. The number of ether oxygens (including phenoxy) is 1. The number of nitrogens with one attached hydrogen (secondary N) is 1. The van der Waals surface area contributed by atoms with E-state index < -0.39 is 0 Å². The average molecular weight is 443 g/mol. The maximum atomic E-state index is 12.3. The van der Waals surface area contributed by atoms with Crippen LogP contribution in [0.1, 0.15) is 108 Å². The SMILES string of the molecule is CC(C)C(N)=O.CCC(C)C(=O)C1CCC(NC(=O)CCCOC2CCCCC2)CC1.[HH].[HH]. The van der Waals surface area contributed by atoms with Gasteiger partial charge in [-0.1, -0.05) is 47.0 Å². The number of Topliss-reactive ketones (excluding diaryl/α,β-unsaturated/α-hetero) is 1. The van der Waals surface area contributed by atoms with Crippen molar-refractivity contribution in [2.75, 3.05) is 6.61 Å². The maximum absolute atomic E-state index is 12.3. The number of carbonyl (C=O) groups is 3. The van der Waals surface area contributed by atoms with Crippen molar-refractivity contribution in [1.29, 1.82) is 0 Å². The van der Waals surface area contributed by atoms with Crippen molar-refractivity contribution in [2.24, 2.45) is 23.5 Å². The highest BCUT2D eigenvalue weighted by atomic mass is 16.5. The van der Waals surface area contributed by atoms with Gasteiger partial charge in [-0.05, 0) is 51.4 Å². The highest BCUT2D eigenvalue weighted by Crippen LogP contribution is 2.28. The average Bonchev–Trinajstić information content (AvgIpc) is 2.77. The first-order valence-corrected chi connectivity index (χ1v) is 12.5. The molecular weight excluding hydrogens is 392 g/mol. The summed E-state index contributed by atoms with van der Waals surface area (Å²) in [5, 5.41) is 3.15. The van der Waals surface area contributed by atoms with Crippen LogP contribution in [-0.2, 0) is 19.1 Å². The second-order valence-electron chi connectivity index (χ2n) is 9.62. The van der Waals surface area contributed by atoms with E-state index in [0.717, 1.165) is 38.5 Å². The highest BCUT2D eigenvalue weighted by Gasteiger charge is 2.28. The summed E-state index contributed by atoms with van der Waals surface area (Å²) in [7, 11) is 0. The van der Waals surface area contributed by atoms with Crippen LogP contribution in [0.25, 0.3) is 0 Å². The Bertz CT molecular complexity index is 547. The van der Waals surface area contributed by atoms with Crippen LogP contribution in [-0.4, -0.2) is 36.4 Å². The lowest BCUT2D eigenvalue weighted by molar-refractivity contribution is -0.127. The molecule has 2 rings (SSSR count). The van der Waals surface area contributed by atoms with Crippen molar-refractivity contribution in [3.63, 3.8) is 0 Å². The number of hydrogen-bond acceptors (Lipinski definition) is 4. The number of primary amides is 1. The molecule has 0 aromatic carbocycles. The second-order valence-corrected chi connectivity index (χ2v) is 9.62. The largest absolute Gasteiger partial charge is 0.378 e. The molecule has 0 saturated heterocycles. The zero-order chi connectivity index (χ0) is 23.2.